The van der Waals surface area contributed by atoms with E-state index in [-0.39, 0.29) is 6.10 Å². The summed E-state index contributed by atoms with van der Waals surface area (Å²) in [6.07, 6.45) is 1.68. The van der Waals surface area contributed by atoms with Crippen molar-refractivity contribution in [1.29, 1.82) is 0 Å². The summed E-state index contributed by atoms with van der Waals surface area (Å²) in [7, 11) is 1.66. The molecule has 0 radical (unpaired) electrons. The zero-order chi connectivity index (χ0) is 13.7. The van der Waals surface area contributed by atoms with Crippen LogP contribution in [0.1, 0.15) is 25.3 Å². The maximum Gasteiger partial charge on any atom is 0.161 e. The Morgan fingerprint density at radius 3 is 2.84 bits per heavy atom. The van der Waals surface area contributed by atoms with Crippen LogP contribution in [0.4, 0.5) is 0 Å². The van der Waals surface area contributed by atoms with Crippen LogP contribution in [-0.4, -0.2) is 42.9 Å². The van der Waals surface area contributed by atoms with E-state index >= 15 is 0 Å². The third kappa shape index (κ3) is 3.85. The van der Waals surface area contributed by atoms with Crippen LogP contribution in [0.15, 0.2) is 18.2 Å². The zero-order valence-corrected chi connectivity index (χ0v) is 11.8. The number of hydrogen-bond donors (Lipinski definition) is 1. The average Bonchev–Trinajstić information content (AvgIpc) is 2.82. The molecule has 4 nitrogen and oxygen atoms in total. The molecule has 1 aromatic carbocycles. The lowest BCUT2D eigenvalue weighted by molar-refractivity contribution is 0.174. The Balaban J connectivity index is 2.04. The summed E-state index contributed by atoms with van der Waals surface area (Å²) >= 11 is 0. The molecule has 1 heterocycles. The Morgan fingerprint density at radius 1 is 1.37 bits per heavy atom. The highest BCUT2D eigenvalue weighted by Crippen LogP contribution is 2.29. The number of ether oxygens (including phenoxy) is 2. The smallest absolute Gasteiger partial charge is 0.161 e. The normalized spacial score (nSPS) is 19.6. The molecular formula is C15H23NO3. The molecule has 0 aliphatic carbocycles. The second kappa shape index (κ2) is 6.78. The summed E-state index contributed by atoms with van der Waals surface area (Å²) in [4.78, 5) is 2.26. The third-order valence-electron chi connectivity index (χ3n) is 3.34. The van der Waals surface area contributed by atoms with Crippen molar-refractivity contribution in [3.63, 3.8) is 0 Å². The SMILES string of the molecule is CCCOc1cc(CN2CC[C@@H](O)C2)ccc1OC. The molecule has 2 rings (SSSR count). The van der Waals surface area contributed by atoms with E-state index in [0.29, 0.717) is 6.61 Å². The first kappa shape index (κ1) is 14.2. The predicted molar refractivity (Wildman–Crippen MR) is 74.7 cm³/mol. The highest BCUT2D eigenvalue weighted by molar-refractivity contribution is 5.43. The molecule has 1 aromatic rings. The van der Waals surface area contributed by atoms with Crippen molar-refractivity contribution < 1.29 is 14.6 Å². The molecule has 1 aliphatic heterocycles. The van der Waals surface area contributed by atoms with Crippen molar-refractivity contribution in [2.75, 3.05) is 26.8 Å². The summed E-state index contributed by atoms with van der Waals surface area (Å²) < 4.78 is 11.0. The van der Waals surface area contributed by atoms with E-state index in [9.17, 15) is 5.11 Å². The summed E-state index contributed by atoms with van der Waals surface area (Å²) in [6.45, 7) is 5.35. The average molecular weight is 265 g/mol. The molecule has 0 aromatic heterocycles. The molecule has 4 heteroatoms. The van der Waals surface area contributed by atoms with Gasteiger partial charge in [-0.25, -0.2) is 0 Å². The van der Waals surface area contributed by atoms with E-state index < -0.39 is 0 Å². The van der Waals surface area contributed by atoms with Gasteiger partial charge in [0.15, 0.2) is 11.5 Å². The Kier molecular flexibility index (Phi) is 5.05. The van der Waals surface area contributed by atoms with Crippen LogP contribution < -0.4 is 9.47 Å². The topological polar surface area (TPSA) is 41.9 Å². The second-order valence-electron chi connectivity index (χ2n) is 5.01. The molecular weight excluding hydrogens is 242 g/mol. The summed E-state index contributed by atoms with van der Waals surface area (Å²) in [5.41, 5.74) is 1.20. The molecule has 1 atom stereocenters. The molecule has 0 saturated carbocycles. The molecule has 106 valence electrons. The summed E-state index contributed by atoms with van der Waals surface area (Å²) in [5, 5.41) is 9.54. The number of aliphatic hydroxyl groups is 1. The van der Waals surface area contributed by atoms with Crippen LogP contribution in [0.25, 0.3) is 0 Å². The minimum atomic E-state index is -0.172. The number of benzene rings is 1. The minimum Gasteiger partial charge on any atom is -0.493 e. The van der Waals surface area contributed by atoms with Crippen molar-refractivity contribution in [2.45, 2.75) is 32.4 Å². The number of hydrogen-bond acceptors (Lipinski definition) is 4. The minimum absolute atomic E-state index is 0.172. The van der Waals surface area contributed by atoms with Gasteiger partial charge in [0.1, 0.15) is 0 Å². The van der Waals surface area contributed by atoms with Crippen LogP contribution in [-0.2, 0) is 6.54 Å². The number of β-amino-alcohol motifs (C(OH)–C–C–N with tert-alkyl or cyclic N) is 1. The highest BCUT2D eigenvalue weighted by Gasteiger charge is 2.20. The Hall–Kier alpha value is -1.26. The maximum atomic E-state index is 9.54. The van der Waals surface area contributed by atoms with E-state index in [1.165, 1.54) is 5.56 Å². The first-order valence-electron chi connectivity index (χ1n) is 6.93. The van der Waals surface area contributed by atoms with E-state index in [1.807, 2.05) is 12.1 Å². The van der Waals surface area contributed by atoms with Gasteiger partial charge in [-0.05, 0) is 30.5 Å². The fourth-order valence-corrected chi connectivity index (χ4v) is 2.36. The number of rotatable bonds is 6. The van der Waals surface area contributed by atoms with Gasteiger partial charge in [-0.15, -0.1) is 0 Å². The second-order valence-corrected chi connectivity index (χ2v) is 5.01. The number of likely N-dealkylation sites (tertiary alicyclic amines) is 1. The van der Waals surface area contributed by atoms with E-state index in [1.54, 1.807) is 7.11 Å². The largest absolute Gasteiger partial charge is 0.493 e. The van der Waals surface area contributed by atoms with Gasteiger partial charge in [-0.1, -0.05) is 13.0 Å². The van der Waals surface area contributed by atoms with Crippen molar-refractivity contribution in [1.82, 2.24) is 4.90 Å². The van der Waals surface area contributed by atoms with Gasteiger partial charge in [0.2, 0.25) is 0 Å². The molecule has 1 fully saturated rings. The maximum absolute atomic E-state index is 9.54. The molecule has 0 unspecified atom stereocenters. The number of nitrogens with zero attached hydrogens (tertiary/aromatic N) is 1. The molecule has 1 N–H and O–H groups in total. The van der Waals surface area contributed by atoms with Crippen molar-refractivity contribution in [2.24, 2.45) is 0 Å². The van der Waals surface area contributed by atoms with Crippen LogP contribution in [0, 0.1) is 0 Å². The Labute approximate surface area is 114 Å². The zero-order valence-electron chi connectivity index (χ0n) is 11.8. The Morgan fingerprint density at radius 2 is 2.21 bits per heavy atom. The Bertz CT molecular complexity index is 408. The molecule has 1 aliphatic rings. The van der Waals surface area contributed by atoms with E-state index in [2.05, 4.69) is 17.9 Å². The lowest BCUT2D eigenvalue weighted by Crippen LogP contribution is -2.21. The quantitative estimate of drug-likeness (QED) is 0.855. The van der Waals surface area contributed by atoms with Crippen LogP contribution in [0.3, 0.4) is 0 Å². The van der Waals surface area contributed by atoms with Crippen LogP contribution in [0.2, 0.25) is 0 Å². The molecule has 0 spiro atoms. The van der Waals surface area contributed by atoms with Gasteiger partial charge in [-0.3, -0.25) is 4.90 Å². The lowest BCUT2D eigenvalue weighted by Gasteiger charge is -2.17. The van der Waals surface area contributed by atoms with E-state index in [0.717, 1.165) is 44.0 Å². The van der Waals surface area contributed by atoms with Gasteiger partial charge in [0.05, 0.1) is 19.8 Å². The molecule has 19 heavy (non-hydrogen) atoms. The first-order chi connectivity index (χ1) is 9.22. The lowest BCUT2D eigenvalue weighted by atomic mass is 10.2. The summed E-state index contributed by atoms with van der Waals surface area (Å²) in [6, 6.07) is 6.05. The molecule has 1 saturated heterocycles. The standard InChI is InChI=1S/C15H23NO3/c1-3-8-19-15-9-12(4-5-14(15)18-2)10-16-7-6-13(17)11-16/h4-5,9,13,17H,3,6-8,10-11H2,1-2H3/t13-/m1/s1. The summed E-state index contributed by atoms with van der Waals surface area (Å²) in [5.74, 6) is 1.58. The van der Waals surface area contributed by atoms with Gasteiger partial charge >= 0.3 is 0 Å². The fourth-order valence-electron chi connectivity index (χ4n) is 2.36. The highest BCUT2D eigenvalue weighted by atomic mass is 16.5. The van der Waals surface area contributed by atoms with Gasteiger partial charge in [0, 0.05) is 19.6 Å². The van der Waals surface area contributed by atoms with Crippen LogP contribution >= 0.6 is 0 Å². The van der Waals surface area contributed by atoms with Crippen molar-refractivity contribution >= 4 is 0 Å². The monoisotopic (exact) mass is 265 g/mol. The van der Waals surface area contributed by atoms with Gasteiger partial charge in [0.25, 0.3) is 0 Å². The number of aliphatic hydroxyl groups excluding tert-OH is 1. The van der Waals surface area contributed by atoms with Crippen molar-refractivity contribution in [3.05, 3.63) is 23.8 Å². The van der Waals surface area contributed by atoms with Gasteiger partial charge < -0.3 is 14.6 Å². The van der Waals surface area contributed by atoms with Gasteiger partial charge in [-0.2, -0.15) is 0 Å². The first-order valence-corrected chi connectivity index (χ1v) is 6.93. The number of methoxy groups -OCH3 is 1. The van der Waals surface area contributed by atoms with Crippen LogP contribution in [0.5, 0.6) is 11.5 Å². The predicted octanol–water partition coefficient (Wildman–Crippen LogP) is 2.05. The fraction of sp³-hybridized carbons (Fsp3) is 0.600. The molecule has 0 amide bonds. The van der Waals surface area contributed by atoms with E-state index in [4.69, 9.17) is 9.47 Å². The molecule has 0 bridgehead atoms. The third-order valence-corrected chi connectivity index (χ3v) is 3.34. The van der Waals surface area contributed by atoms with Crippen molar-refractivity contribution in [3.8, 4) is 11.5 Å².